The minimum absolute atomic E-state index is 0.0656. The Morgan fingerprint density at radius 3 is 2.50 bits per heavy atom. The number of benzene rings is 1. The van der Waals surface area contributed by atoms with Gasteiger partial charge in [-0.1, -0.05) is 30.3 Å². The maximum absolute atomic E-state index is 12.1. The summed E-state index contributed by atoms with van der Waals surface area (Å²) in [4.78, 5) is 23.5. The Bertz CT molecular complexity index is 675. The number of carbonyl (C=O) groups is 2. The van der Waals surface area contributed by atoms with Gasteiger partial charge in [-0.3, -0.25) is 4.79 Å². The Balaban J connectivity index is 2.09. The predicted molar refractivity (Wildman–Crippen MR) is 83.8 cm³/mol. The number of aryl methyl sites for hydroxylation is 2. The van der Waals surface area contributed by atoms with E-state index >= 15 is 0 Å². The second-order valence-electron chi connectivity index (χ2n) is 5.16. The van der Waals surface area contributed by atoms with E-state index < -0.39 is 5.97 Å². The van der Waals surface area contributed by atoms with Crippen LogP contribution in [0.15, 0.2) is 36.5 Å². The molecule has 1 heterocycles. The molecule has 0 aliphatic carbocycles. The van der Waals surface area contributed by atoms with Gasteiger partial charge >= 0.3 is 5.97 Å². The quantitative estimate of drug-likeness (QED) is 0.860. The van der Waals surface area contributed by atoms with Crippen LogP contribution in [-0.4, -0.2) is 21.6 Å². The number of amides is 1. The number of aromatic carboxylic acids is 1. The Morgan fingerprint density at radius 1 is 1.23 bits per heavy atom. The van der Waals surface area contributed by atoms with Crippen LogP contribution in [0.5, 0.6) is 0 Å². The lowest BCUT2D eigenvalue weighted by Crippen LogP contribution is -2.26. The minimum atomic E-state index is -0.990. The number of hydrogen-bond donors (Lipinski definition) is 2. The summed E-state index contributed by atoms with van der Waals surface area (Å²) >= 11 is 0. The molecule has 2 aromatic rings. The molecule has 0 atom stereocenters. The highest BCUT2D eigenvalue weighted by molar-refractivity contribution is 5.93. The van der Waals surface area contributed by atoms with Crippen molar-refractivity contribution in [3.63, 3.8) is 0 Å². The molecule has 2 N–H and O–H groups in total. The Labute approximate surface area is 129 Å². The first kappa shape index (κ1) is 15.8. The fourth-order valence-corrected chi connectivity index (χ4v) is 2.52. The van der Waals surface area contributed by atoms with Crippen LogP contribution in [0.3, 0.4) is 0 Å². The van der Waals surface area contributed by atoms with E-state index in [-0.39, 0.29) is 17.9 Å². The molecule has 0 unspecified atom stereocenters. The van der Waals surface area contributed by atoms with Crippen LogP contribution < -0.4 is 5.32 Å². The van der Waals surface area contributed by atoms with E-state index in [0.717, 1.165) is 5.56 Å². The van der Waals surface area contributed by atoms with Crippen molar-refractivity contribution in [3.05, 3.63) is 58.9 Å². The highest BCUT2D eigenvalue weighted by Gasteiger charge is 2.20. The van der Waals surface area contributed by atoms with Gasteiger partial charge in [-0.2, -0.15) is 0 Å². The molecule has 2 rings (SSSR count). The molecule has 0 bridgehead atoms. The molecule has 0 fully saturated rings. The summed E-state index contributed by atoms with van der Waals surface area (Å²) in [5.74, 6) is -1.17. The molecule has 22 heavy (non-hydrogen) atoms. The molecule has 0 saturated heterocycles. The van der Waals surface area contributed by atoms with Crippen LogP contribution in [0.1, 0.15) is 34.1 Å². The maximum Gasteiger partial charge on any atom is 0.337 e. The SMILES string of the molecule is CCn1cc(C)c(C(=O)O)c1CC(=O)NCc1ccccc1. The van der Waals surface area contributed by atoms with Gasteiger partial charge in [-0.05, 0) is 25.0 Å². The van der Waals surface area contributed by atoms with Crippen molar-refractivity contribution in [3.8, 4) is 0 Å². The fourth-order valence-electron chi connectivity index (χ4n) is 2.52. The number of aromatic nitrogens is 1. The molecule has 116 valence electrons. The van der Waals surface area contributed by atoms with Crippen LogP contribution in [0.4, 0.5) is 0 Å². The van der Waals surface area contributed by atoms with Crippen molar-refractivity contribution >= 4 is 11.9 Å². The van der Waals surface area contributed by atoms with Gasteiger partial charge in [-0.15, -0.1) is 0 Å². The van der Waals surface area contributed by atoms with E-state index in [1.807, 2.05) is 41.8 Å². The number of rotatable bonds is 6. The van der Waals surface area contributed by atoms with E-state index in [9.17, 15) is 14.7 Å². The maximum atomic E-state index is 12.1. The van der Waals surface area contributed by atoms with Crippen molar-refractivity contribution in [2.45, 2.75) is 33.4 Å². The lowest BCUT2D eigenvalue weighted by atomic mass is 10.1. The Morgan fingerprint density at radius 2 is 1.91 bits per heavy atom. The van der Waals surface area contributed by atoms with Gasteiger partial charge in [0.25, 0.3) is 0 Å². The van der Waals surface area contributed by atoms with Crippen molar-refractivity contribution in [2.24, 2.45) is 0 Å². The summed E-state index contributed by atoms with van der Waals surface area (Å²) in [7, 11) is 0. The summed E-state index contributed by atoms with van der Waals surface area (Å²) in [6.45, 7) is 4.75. The zero-order chi connectivity index (χ0) is 16.1. The molecule has 5 nitrogen and oxygen atoms in total. The van der Waals surface area contributed by atoms with Crippen molar-refractivity contribution in [1.29, 1.82) is 0 Å². The molecule has 5 heteroatoms. The van der Waals surface area contributed by atoms with E-state index in [4.69, 9.17) is 0 Å². The van der Waals surface area contributed by atoms with E-state index in [0.29, 0.717) is 24.3 Å². The first-order valence-electron chi connectivity index (χ1n) is 7.25. The second-order valence-corrected chi connectivity index (χ2v) is 5.16. The second kappa shape index (κ2) is 6.93. The third-order valence-electron chi connectivity index (χ3n) is 3.59. The third kappa shape index (κ3) is 3.55. The normalized spacial score (nSPS) is 10.5. The molecule has 1 aromatic heterocycles. The molecule has 1 aromatic carbocycles. The van der Waals surface area contributed by atoms with E-state index in [1.165, 1.54) is 0 Å². The monoisotopic (exact) mass is 300 g/mol. The highest BCUT2D eigenvalue weighted by Crippen LogP contribution is 2.18. The van der Waals surface area contributed by atoms with Gasteiger partial charge in [0.15, 0.2) is 0 Å². The lowest BCUT2D eigenvalue weighted by molar-refractivity contribution is -0.120. The van der Waals surface area contributed by atoms with Crippen molar-refractivity contribution in [2.75, 3.05) is 0 Å². The fraction of sp³-hybridized carbons (Fsp3) is 0.294. The summed E-state index contributed by atoms with van der Waals surface area (Å²) in [5, 5.41) is 12.2. The number of carboxylic acid groups (broad SMARTS) is 1. The first-order valence-corrected chi connectivity index (χ1v) is 7.25. The van der Waals surface area contributed by atoms with Gasteiger partial charge < -0.3 is 15.0 Å². The molecular weight excluding hydrogens is 280 g/mol. The highest BCUT2D eigenvalue weighted by atomic mass is 16.4. The molecule has 1 amide bonds. The van der Waals surface area contributed by atoms with E-state index in [2.05, 4.69) is 5.32 Å². The number of carboxylic acids is 1. The number of carbonyl (C=O) groups excluding carboxylic acids is 1. The molecule has 0 radical (unpaired) electrons. The summed E-state index contributed by atoms with van der Waals surface area (Å²) in [5.41, 5.74) is 2.48. The average molecular weight is 300 g/mol. The van der Waals surface area contributed by atoms with Crippen LogP contribution in [0.2, 0.25) is 0 Å². The topological polar surface area (TPSA) is 71.3 Å². The zero-order valence-electron chi connectivity index (χ0n) is 12.8. The summed E-state index contributed by atoms with van der Waals surface area (Å²) in [6.07, 6.45) is 1.85. The largest absolute Gasteiger partial charge is 0.478 e. The van der Waals surface area contributed by atoms with Gasteiger partial charge in [0.05, 0.1) is 12.0 Å². The smallest absolute Gasteiger partial charge is 0.337 e. The van der Waals surface area contributed by atoms with E-state index in [1.54, 1.807) is 13.1 Å². The van der Waals surface area contributed by atoms with Gasteiger partial charge in [-0.25, -0.2) is 4.79 Å². The van der Waals surface area contributed by atoms with Crippen LogP contribution in [0.25, 0.3) is 0 Å². The Hall–Kier alpha value is -2.56. The molecular formula is C17H20N2O3. The zero-order valence-corrected chi connectivity index (χ0v) is 12.8. The minimum Gasteiger partial charge on any atom is -0.478 e. The number of nitrogens with one attached hydrogen (secondary N) is 1. The van der Waals surface area contributed by atoms with Crippen molar-refractivity contribution in [1.82, 2.24) is 9.88 Å². The molecule has 0 aliphatic heterocycles. The molecule has 0 spiro atoms. The summed E-state index contributed by atoms with van der Waals surface area (Å²) < 4.78 is 1.82. The van der Waals surface area contributed by atoms with Gasteiger partial charge in [0.1, 0.15) is 0 Å². The van der Waals surface area contributed by atoms with Crippen LogP contribution >= 0.6 is 0 Å². The standard InChI is InChI=1S/C17H20N2O3/c1-3-19-11-12(2)16(17(21)22)14(19)9-15(20)18-10-13-7-5-4-6-8-13/h4-8,11H,3,9-10H2,1-2H3,(H,18,20)(H,21,22). The summed E-state index contributed by atoms with van der Waals surface area (Å²) in [6, 6.07) is 9.61. The first-order chi connectivity index (χ1) is 10.5. The lowest BCUT2D eigenvalue weighted by Gasteiger charge is -2.09. The Kier molecular flexibility index (Phi) is 4.99. The molecule has 0 aliphatic rings. The average Bonchev–Trinajstić information content (AvgIpc) is 2.82. The van der Waals surface area contributed by atoms with Crippen LogP contribution in [-0.2, 0) is 24.3 Å². The number of hydrogen-bond acceptors (Lipinski definition) is 2. The van der Waals surface area contributed by atoms with Crippen molar-refractivity contribution < 1.29 is 14.7 Å². The predicted octanol–water partition coefficient (Wildman–Crippen LogP) is 2.37. The van der Waals surface area contributed by atoms with Crippen LogP contribution in [0, 0.1) is 6.92 Å². The van der Waals surface area contributed by atoms with Gasteiger partial charge in [0.2, 0.25) is 5.91 Å². The number of nitrogens with zero attached hydrogens (tertiary/aromatic N) is 1. The van der Waals surface area contributed by atoms with Gasteiger partial charge in [0, 0.05) is 25.0 Å². The third-order valence-corrected chi connectivity index (χ3v) is 3.59. The molecule has 0 saturated carbocycles.